The number of methoxy groups -OCH3 is 1. The zero-order valence-electron chi connectivity index (χ0n) is 10.6. The van der Waals surface area contributed by atoms with Gasteiger partial charge in [0, 0.05) is 19.2 Å². The number of hydrogen-bond donors (Lipinski definition) is 0. The Bertz CT molecular complexity index is 448. The molecule has 0 aromatic heterocycles. The first-order chi connectivity index (χ1) is 8.45. The minimum Gasteiger partial charge on any atom is -0.469 e. The number of esters is 1. The molecule has 1 atom stereocenters. The van der Waals surface area contributed by atoms with Crippen LogP contribution in [0, 0.1) is 11.7 Å². The number of carbonyl (C=O) groups excluding carboxylic acids is 2. The summed E-state index contributed by atoms with van der Waals surface area (Å²) >= 11 is 0. The molecule has 0 aliphatic heterocycles. The first kappa shape index (κ1) is 14.2. The Morgan fingerprint density at radius 2 is 2.11 bits per heavy atom. The molecule has 5 heteroatoms. The van der Waals surface area contributed by atoms with Crippen LogP contribution in [0.2, 0.25) is 0 Å². The van der Waals surface area contributed by atoms with Gasteiger partial charge >= 0.3 is 5.97 Å². The van der Waals surface area contributed by atoms with Gasteiger partial charge in [0.05, 0.1) is 13.0 Å². The second-order valence-electron chi connectivity index (χ2n) is 4.12. The lowest BCUT2D eigenvalue weighted by molar-refractivity contribution is -0.145. The summed E-state index contributed by atoms with van der Waals surface area (Å²) < 4.78 is 17.6. The number of benzene rings is 1. The van der Waals surface area contributed by atoms with Crippen molar-refractivity contribution in [2.24, 2.45) is 5.92 Å². The lowest BCUT2D eigenvalue weighted by Crippen LogP contribution is -2.34. The molecule has 0 radical (unpaired) electrons. The number of halogens is 1. The predicted octanol–water partition coefficient (Wildman–Crippen LogP) is 1.71. The maximum Gasteiger partial charge on any atom is 0.310 e. The van der Waals surface area contributed by atoms with Crippen LogP contribution in [0.4, 0.5) is 4.39 Å². The van der Waals surface area contributed by atoms with Crippen LogP contribution < -0.4 is 0 Å². The maximum atomic E-state index is 13.0. The van der Waals surface area contributed by atoms with E-state index in [4.69, 9.17) is 0 Å². The number of hydrogen-bond acceptors (Lipinski definition) is 3. The van der Waals surface area contributed by atoms with E-state index >= 15 is 0 Å². The molecule has 1 rings (SSSR count). The van der Waals surface area contributed by atoms with Gasteiger partial charge in [0.1, 0.15) is 5.82 Å². The van der Waals surface area contributed by atoms with E-state index in [-0.39, 0.29) is 24.0 Å². The summed E-state index contributed by atoms with van der Waals surface area (Å²) in [6.07, 6.45) is 0. The summed E-state index contributed by atoms with van der Waals surface area (Å²) in [5.41, 5.74) is 0.259. The predicted molar refractivity (Wildman–Crippen MR) is 64.5 cm³/mol. The van der Waals surface area contributed by atoms with Crippen LogP contribution >= 0.6 is 0 Å². The Kier molecular flexibility index (Phi) is 4.83. The highest BCUT2D eigenvalue weighted by molar-refractivity contribution is 5.94. The zero-order chi connectivity index (χ0) is 13.7. The molecule has 0 bridgehead atoms. The van der Waals surface area contributed by atoms with E-state index in [0.29, 0.717) is 0 Å². The first-order valence-corrected chi connectivity index (χ1v) is 5.54. The van der Waals surface area contributed by atoms with Crippen molar-refractivity contribution in [3.8, 4) is 0 Å². The van der Waals surface area contributed by atoms with E-state index in [1.54, 1.807) is 14.0 Å². The van der Waals surface area contributed by atoms with Crippen molar-refractivity contribution in [2.45, 2.75) is 6.92 Å². The minimum atomic E-state index is -0.463. The van der Waals surface area contributed by atoms with Crippen LogP contribution in [0.3, 0.4) is 0 Å². The molecule has 0 saturated heterocycles. The van der Waals surface area contributed by atoms with E-state index in [0.717, 1.165) is 0 Å². The largest absolute Gasteiger partial charge is 0.469 e. The number of nitrogens with zero attached hydrogens (tertiary/aromatic N) is 1. The molecule has 1 aromatic carbocycles. The molecule has 0 aliphatic rings. The summed E-state index contributed by atoms with van der Waals surface area (Å²) in [6.45, 7) is 1.89. The molecule has 1 amide bonds. The smallest absolute Gasteiger partial charge is 0.310 e. The van der Waals surface area contributed by atoms with Crippen molar-refractivity contribution in [1.29, 1.82) is 0 Å². The van der Waals surface area contributed by atoms with E-state index < -0.39 is 11.7 Å². The Morgan fingerprint density at radius 1 is 1.44 bits per heavy atom. The first-order valence-electron chi connectivity index (χ1n) is 5.54. The normalized spacial score (nSPS) is 11.8. The molecule has 1 unspecified atom stereocenters. The maximum absolute atomic E-state index is 13.0. The summed E-state index contributed by atoms with van der Waals surface area (Å²) in [5.74, 6) is -1.59. The van der Waals surface area contributed by atoms with Crippen molar-refractivity contribution in [3.05, 3.63) is 35.6 Å². The molecule has 4 nitrogen and oxygen atoms in total. The van der Waals surface area contributed by atoms with Gasteiger partial charge in [-0.15, -0.1) is 0 Å². The Balaban J connectivity index is 2.70. The quantitative estimate of drug-likeness (QED) is 0.767. The van der Waals surface area contributed by atoms with E-state index in [9.17, 15) is 14.0 Å². The molecule has 0 heterocycles. The monoisotopic (exact) mass is 253 g/mol. The summed E-state index contributed by atoms with van der Waals surface area (Å²) in [7, 11) is 2.86. The second kappa shape index (κ2) is 6.14. The topological polar surface area (TPSA) is 46.6 Å². The Morgan fingerprint density at radius 3 is 2.67 bits per heavy atom. The van der Waals surface area contributed by atoms with Crippen molar-refractivity contribution in [3.63, 3.8) is 0 Å². The Hall–Kier alpha value is -1.91. The van der Waals surface area contributed by atoms with Gasteiger partial charge in [-0.25, -0.2) is 4.39 Å². The van der Waals surface area contributed by atoms with Crippen LogP contribution in [-0.2, 0) is 9.53 Å². The lowest BCUT2D eigenvalue weighted by Gasteiger charge is -2.20. The van der Waals surface area contributed by atoms with E-state index in [2.05, 4.69) is 4.74 Å². The SMILES string of the molecule is COC(=O)C(C)CN(C)C(=O)c1cccc(F)c1. The van der Waals surface area contributed by atoms with Crippen LogP contribution in [0.5, 0.6) is 0 Å². The molecular formula is C13H16FNO3. The van der Waals surface area contributed by atoms with Gasteiger partial charge in [0.2, 0.25) is 0 Å². The fourth-order valence-electron chi connectivity index (χ4n) is 1.61. The molecule has 0 aliphatic carbocycles. The van der Waals surface area contributed by atoms with Crippen molar-refractivity contribution < 1.29 is 18.7 Å². The van der Waals surface area contributed by atoms with Gasteiger partial charge in [-0.05, 0) is 18.2 Å². The molecule has 0 spiro atoms. The molecule has 0 saturated carbocycles. The van der Waals surface area contributed by atoms with E-state index in [1.807, 2.05) is 0 Å². The number of ether oxygens (including phenoxy) is 1. The third-order valence-corrected chi connectivity index (χ3v) is 2.57. The van der Waals surface area contributed by atoms with Crippen molar-refractivity contribution in [1.82, 2.24) is 4.90 Å². The highest BCUT2D eigenvalue weighted by atomic mass is 19.1. The van der Waals surface area contributed by atoms with Gasteiger partial charge in [-0.2, -0.15) is 0 Å². The standard InChI is InChI=1S/C13H16FNO3/c1-9(13(17)18-3)8-15(2)12(16)10-5-4-6-11(14)7-10/h4-7,9H,8H2,1-3H3. The molecule has 98 valence electrons. The summed E-state index contributed by atoms with van der Waals surface area (Å²) in [4.78, 5) is 24.6. The van der Waals surface area contributed by atoms with Crippen LogP contribution in [0.15, 0.2) is 24.3 Å². The van der Waals surface area contributed by atoms with Crippen LogP contribution in [0.1, 0.15) is 17.3 Å². The van der Waals surface area contributed by atoms with Gasteiger partial charge in [0.25, 0.3) is 5.91 Å². The fraction of sp³-hybridized carbons (Fsp3) is 0.385. The van der Waals surface area contributed by atoms with Gasteiger partial charge in [0.15, 0.2) is 0 Å². The van der Waals surface area contributed by atoms with Crippen LogP contribution in [0.25, 0.3) is 0 Å². The average molecular weight is 253 g/mol. The van der Waals surface area contributed by atoms with Crippen LogP contribution in [-0.4, -0.2) is 37.5 Å². The fourth-order valence-corrected chi connectivity index (χ4v) is 1.61. The summed E-state index contributed by atoms with van der Waals surface area (Å²) in [6, 6.07) is 5.44. The Labute approximate surface area is 105 Å². The zero-order valence-corrected chi connectivity index (χ0v) is 10.6. The molecule has 0 N–H and O–H groups in total. The van der Waals surface area contributed by atoms with Gasteiger partial charge in [-0.1, -0.05) is 13.0 Å². The van der Waals surface area contributed by atoms with E-state index in [1.165, 1.54) is 36.3 Å². The average Bonchev–Trinajstić information content (AvgIpc) is 2.36. The van der Waals surface area contributed by atoms with Gasteiger partial charge < -0.3 is 9.64 Å². The van der Waals surface area contributed by atoms with Crippen molar-refractivity contribution >= 4 is 11.9 Å². The number of carbonyl (C=O) groups is 2. The summed E-state index contributed by atoms with van der Waals surface area (Å²) in [5, 5.41) is 0. The molecule has 1 aromatic rings. The number of amides is 1. The lowest BCUT2D eigenvalue weighted by atomic mass is 10.1. The second-order valence-corrected chi connectivity index (χ2v) is 4.12. The molecular weight excluding hydrogens is 237 g/mol. The molecule has 0 fully saturated rings. The highest BCUT2D eigenvalue weighted by Gasteiger charge is 2.19. The third-order valence-electron chi connectivity index (χ3n) is 2.57. The number of rotatable bonds is 4. The van der Waals surface area contributed by atoms with Gasteiger partial charge in [-0.3, -0.25) is 9.59 Å². The highest BCUT2D eigenvalue weighted by Crippen LogP contribution is 2.08. The third kappa shape index (κ3) is 3.55. The molecule has 18 heavy (non-hydrogen) atoms. The van der Waals surface area contributed by atoms with Crippen molar-refractivity contribution in [2.75, 3.05) is 20.7 Å². The minimum absolute atomic E-state index is 0.224.